The van der Waals surface area contributed by atoms with Gasteiger partial charge in [-0.05, 0) is 36.1 Å². The van der Waals surface area contributed by atoms with Gasteiger partial charge < -0.3 is 20.1 Å². The Morgan fingerprint density at radius 1 is 1.06 bits per heavy atom. The summed E-state index contributed by atoms with van der Waals surface area (Å²) in [4.78, 5) is 37.0. The minimum absolute atomic E-state index is 0.0773. The van der Waals surface area contributed by atoms with E-state index in [1.807, 2.05) is 22.9 Å². The maximum atomic E-state index is 12.6. The lowest BCUT2D eigenvalue weighted by Crippen LogP contribution is -2.27. The first-order valence-corrected chi connectivity index (χ1v) is 11.4. The van der Waals surface area contributed by atoms with Gasteiger partial charge in [-0.15, -0.1) is 11.3 Å². The molecular formula is C22H22N2O5S2. The highest BCUT2D eigenvalue weighted by Gasteiger charge is 2.23. The molecule has 0 aliphatic rings. The molecule has 2 N–H and O–H groups in total. The summed E-state index contributed by atoms with van der Waals surface area (Å²) in [6, 6.07) is 9.01. The Bertz CT molecular complexity index is 1040. The van der Waals surface area contributed by atoms with Crippen LogP contribution in [0.5, 0.6) is 5.75 Å². The number of thiophene rings is 2. The molecule has 0 saturated carbocycles. The van der Waals surface area contributed by atoms with Crippen LogP contribution in [0.25, 0.3) is 11.1 Å². The number of benzene rings is 1. The van der Waals surface area contributed by atoms with Crippen LogP contribution in [0.4, 0.5) is 5.00 Å². The molecule has 0 spiro atoms. The molecule has 0 atom stereocenters. The first-order chi connectivity index (χ1) is 15.0. The van der Waals surface area contributed by atoms with Gasteiger partial charge in [-0.3, -0.25) is 9.59 Å². The second-order valence-corrected chi connectivity index (χ2v) is 8.03. The maximum absolute atomic E-state index is 12.6. The van der Waals surface area contributed by atoms with E-state index in [4.69, 9.17) is 9.47 Å². The molecule has 1 aromatic carbocycles. The number of rotatable bonds is 9. The highest BCUT2D eigenvalue weighted by molar-refractivity contribution is 7.15. The number of anilines is 1. The predicted molar refractivity (Wildman–Crippen MR) is 122 cm³/mol. The van der Waals surface area contributed by atoms with E-state index in [1.165, 1.54) is 22.7 Å². The third kappa shape index (κ3) is 5.71. The summed E-state index contributed by atoms with van der Waals surface area (Å²) < 4.78 is 10.4. The lowest BCUT2D eigenvalue weighted by Gasteiger charge is -2.09. The average Bonchev–Trinajstić information content (AvgIpc) is 3.44. The molecule has 7 nitrogen and oxygen atoms in total. The zero-order valence-electron chi connectivity index (χ0n) is 17.1. The highest BCUT2D eigenvalue weighted by atomic mass is 32.1. The second-order valence-electron chi connectivity index (χ2n) is 6.37. The number of amides is 2. The van der Waals surface area contributed by atoms with Gasteiger partial charge in [0.25, 0.3) is 5.91 Å². The molecule has 2 heterocycles. The second kappa shape index (κ2) is 10.7. The summed E-state index contributed by atoms with van der Waals surface area (Å²) in [5.74, 6) is -0.330. The fourth-order valence-electron chi connectivity index (χ4n) is 2.81. The molecule has 2 amide bonds. The van der Waals surface area contributed by atoms with E-state index in [-0.39, 0.29) is 31.4 Å². The Kier molecular flexibility index (Phi) is 7.80. The molecule has 2 aromatic heterocycles. The van der Waals surface area contributed by atoms with Crippen molar-refractivity contribution in [3.8, 4) is 16.9 Å². The summed E-state index contributed by atoms with van der Waals surface area (Å²) in [6.07, 6.45) is 0.0773. The number of hydrogen-bond acceptors (Lipinski definition) is 7. The van der Waals surface area contributed by atoms with Crippen LogP contribution < -0.4 is 15.4 Å². The fraction of sp³-hybridized carbons (Fsp3) is 0.227. The molecule has 0 unspecified atom stereocenters. The number of hydrogen-bond donors (Lipinski definition) is 2. The van der Waals surface area contributed by atoms with Crippen molar-refractivity contribution in [3.63, 3.8) is 0 Å². The van der Waals surface area contributed by atoms with E-state index in [0.29, 0.717) is 27.4 Å². The van der Waals surface area contributed by atoms with Gasteiger partial charge in [0.05, 0.1) is 13.7 Å². The van der Waals surface area contributed by atoms with Crippen LogP contribution in [0.15, 0.2) is 46.5 Å². The van der Waals surface area contributed by atoms with Crippen LogP contribution in [0, 0.1) is 0 Å². The molecule has 0 aliphatic carbocycles. The van der Waals surface area contributed by atoms with E-state index in [2.05, 4.69) is 10.6 Å². The third-order valence-corrected chi connectivity index (χ3v) is 5.92. The van der Waals surface area contributed by atoms with Gasteiger partial charge in [0.2, 0.25) is 5.91 Å². The highest BCUT2D eigenvalue weighted by Crippen LogP contribution is 2.36. The van der Waals surface area contributed by atoms with E-state index < -0.39 is 5.97 Å². The minimum atomic E-state index is -0.504. The lowest BCUT2D eigenvalue weighted by molar-refractivity contribution is -0.116. The Morgan fingerprint density at radius 3 is 2.48 bits per heavy atom. The average molecular weight is 459 g/mol. The topological polar surface area (TPSA) is 93.7 Å². The SMILES string of the molecule is CCOC(=O)c1c(-c2ccc(OC)cc2)csc1NC(=O)CCNC(=O)c1ccsc1. The Balaban J connectivity index is 1.70. The van der Waals surface area contributed by atoms with Crippen LogP contribution in [0.1, 0.15) is 34.1 Å². The number of methoxy groups -OCH3 is 1. The first kappa shape index (κ1) is 22.5. The zero-order valence-corrected chi connectivity index (χ0v) is 18.7. The first-order valence-electron chi connectivity index (χ1n) is 9.56. The molecule has 3 rings (SSSR count). The van der Waals surface area contributed by atoms with Gasteiger partial charge in [-0.1, -0.05) is 12.1 Å². The molecule has 0 saturated heterocycles. The normalized spacial score (nSPS) is 10.4. The third-order valence-electron chi connectivity index (χ3n) is 4.35. The number of nitrogens with one attached hydrogen (secondary N) is 2. The smallest absolute Gasteiger partial charge is 0.341 e. The largest absolute Gasteiger partial charge is 0.497 e. The Morgan fingerprint density at radius 2 is 1.84 bits per heavy atom. The summed E-state index contributed by atoms with van der Waals surface area (Å²) >= 11 is 2.68. The standard InChI is InChI=1S/C22H22N2O5S2/c1-3-29-22(27)19-17(14-4-6-16(28-2)7-5-14)13-31-21(19)24-18(25)8-10-23-20(26)15-9-11-30-12-15/h4-7,9,11-13H,3,8,10H2,1-2H3,(H,23,26)(H,24,25). The summed E-state index contributed by atoms with van der Waals surface area (Å²) in [5.41, 5.74) is 2.36. The number of ether oxygens (including phenoxy) is 2. The van der Waals surface area contributed by atoms with E-state index in [1.54, 1.807) is 37.6 Å². The van der Waals surface area contributed by atoms with Gasteiger partial charge in [0, 0.05) is 34.9 Å². The van der Waals surface area contributed by atoms with Crippen LogP contribution in [-0.2, 0) is 9.53 Å². The van der Waals surface area contributed by atoms with Gasteiger partial charge in [-0.25, -0.2) is 4.79 Å². The van der Waals surface area contributed by atoms with Crippen LogP contribution in [0.3, 0.4) is 0 Å². The molecule has 31 heavy (non-hydrogen) atoms. The molecular weight excluding hydrogens is 436 g/mol. The molecule has 162 valence electrons. The molecule has 0 fully saturated rings. The summed E-state index contributed by atoms with van der Waals surface area (Å²) in [5, 5.41) is 11.3. The number of esters is 1. The predicted octanol–water partition coefficient (Wildman–Crippen LogP) is 4.42. The molecule has 9 heteroatoms. The van der Waals surface area contributed by atoms with Crippen LogP contribution >= 0.6 is 22.7 Å². The van der Waals surface area contributed by atoms with Crippen molar-refractivity contribution >= 4 is 45.5 Å². The van der Waals surface area contributed by atoms with Crippen LogP contribution in [0.2, 0.25) is 0 Å². The minimum Gasteiger partial charge on any atom is -0.497 e. The molecule has 0 aliphatic heterocycles. The van der Waals surface area contributed by atoms with E-state index in [9.17, 15) is 14.4 Å². The molecule has 0 radical (unpaired) electrons. The number of carbonyl (C=O) groups excluding carboxylic acids is 3. The molecule has 0 bridgehead atoms. The van der Waals surface area contributed by atoms with Crippen molar-refractivity contribution in [1.82, 2.24) is 5.32 Å². The summed E-state index contributed by atoms with van der Waals surface area (Å²) in [7, 11) is 1.58. The van der Waals surface area contributed by atoms with Crippen molar-refractivity contribution < 1.29 is 23.9 Å². The van der Waals surface area contributed by atoms with Crippen LogP contribution in [-0.4, -0.2) is 38.0 Å². The van der Waals surface area contributed by atoms with Crippen molar-refractivity contribution in [1.29, 1.82) is 0 Å². The van der Waals surface area contributed by atoms with Gasteiger partial charge >= 0.3 is 5.97 Å². The van der Waals surface area contributed by atoms with Gasteiger partial charge in [-0.2, -0.15) is 11.3 Å². The van der Waals surface area contributed by atoms with Crippen molar-refractivity contribution in [2.45, 2.75) is 13.3 Å². The van der Waals surface area contributed by atoms with Gasteiger partial charge in [0.15, 0.2) is 0 Å². The van der Waals surface area contributed by atoms with Crippen molar-refractivity contribution in [3.05, 3.63) is 57.6 Å². The lowest BCUT2D eigenvalue weighted by atomic mass is 10.0. The van der Waals surface area contributed by atoms with E-state index in [0.717, 1.165) is 5.56 Å². The van der Waals surface area contributed by atoms with E-state index >= 15 is 0 Å². The molecule has 3 aromatic rings. The number of carbonyl (C=O) groups is 3. The Labute approximate surface area is 188 Å². The summed E-state index contributed by atoms with van der Waals surface area (Å²) in [6.45, 7) is 2.14. The fourth-order valence-corrected chi connectivity index (χ4v) is 4.42. The monoisotopic (exact) mass is 458 g/mol. The quantitative estimate of drug-likeness (QED) is 0.463. The van der Waals surface area contributed by atoms with Crippen molar-refractivity contribution in [2.75, 3.05) is 25.6 Å². The van der Waals surface area contributed by atoms with Crippen molar-refractivity contribution in [2.24, 2.45) is 0 Å². The zero-order chi connectivity index (χ0) is 22.2. The maximum Gasteiger partial charge on any atom is 0.341 e. The van der Waals surface area contributed by atoms with Gasteiger partial charge in [0.1, 0.15) is 16.3 Å². The Hall–Kier alpha value is -3.17.